The Labute approximate surface area is 126 Å². The zero-order valence-corrected chi connectivity index (χ0v) is 12.5. The van der Waals surface area contributed by atoms with Gasteiger partial charge in [0.15, 0.2) is 0 Å². The molecule has 0 spiro atoms. The molecular weight excluding hydrogens is 262 g/mol. The molecule has 3 nitrogen and oxygen atoms in total. The van der Waals surface area contributed by atoms with Crippen molar-refractivity contribution in [1.82, 2.24) is 0 Å². The van der Waals surface area contributed by atoms with E-state index in [1.54, 1.807) is 0 Å². The van der Waals surface area contributed by atoms with Crippen molar-refractivity contribution < 1.29 is 9.47 Å². The van der Waals surface area contributed by atoms with E-state index < -0.39 is 0 Å². The van der Waals surface area contributed by atoms with Gasteiger partial charge in [-0.2, -0.15) is 0 Å². The second kappa shape index (κ2) is 8.45. The van der Waals surface area contributed by atoms with E-state index in [4.69, 9.17) is 15.2 Å². The molecule has 0 radical (unpaired) electrons. The Morgan fingerprint density at radius 2 is 1.86 bits per heavy atom. The first-order chi connectivity index (χ1) is 10.3. The molecule has 2 aromatic rings. The van der Waals surface area contributed by atoms with Gasteiger partial charge in [0.2, 0.25) is 0 Å². The summed E-state index contributed by atoms with van der Waals surface area (Å²) in [5.74, 6) is 0.835. The Bertz CT molecular complexity index is 528. The van der Waals surface area contributed by atoms with E-state index in [1.807, 2.05) is 54.6 Å². The summed E-state index contributed by atoms with van der Waals surface area (Å²) in [5.41, 5.74) is 8.32. The van der Waals surface area contributed by atoms with Crippen molar-refractivity contribution in [3.8, 4) is 5.75 Å². The monoisotopic (exact) mass is 285 g/mol. The highest BCUT2D eigenvalue weighted by atomic mass is 16.5. The molecule has 2 N–H and O–H groups in total. The third kappa shape index (κ3) is 5.21. The first-order valence-corrected chi connectivity index (χ1v) is 7.39. The standard InChI is InChI=1S/C18H23NO2/c1-2-11-20-14-18(19)16-9-6-10-17(12-16)21-13-15-7-4-3-5-8-15/h3-10,12,18H,2,11,13-14,19H2,1H3. The molecule has 0 aliphatic heterocycles. The molecule has 0 saturated carbocycles. The molecule has 1 atom stereocenters. The number of hydrogen-bond donors (Lipinski definition) is 1. The van der Waals surface area contributed by atoms with Crippen LogP contribution < -0.4 is 10.5 Å². The Morgan fingerprint density at radius 1 is 1.05 bits per heavy atom. The van der Waals surface area contributed by atoms with Gasteiger partial charge in [-0.05, 0) is 29.7 Å². The molecule has 0 fully saturated rings. The molecular formula is C18H23NO2. The molecule has 0 bridgehead atoms. The zero-order chi connectivity index (χ0) is 14.9. The predicted molar refractivity (Wildman–Crippen MR) is 85.3 cm³/mol. The van der Waals surface area contributed by atoms with E-state index >= 15 is 0 Å². The SMILES string of the molecule is CCCOCC(N)c1cccc(OCc2ccccc2)c1. The van der Waals surface area contributed by atoms with Crippen LogP contribution in [0.4, 0.5) is 0 Å². The topological polar surface area (TPSA) is 44.5 Å². The van der Waals surface area contributed by atoms with Crippen molar-refractivity contribution in [1.29, 1.82) is 0 Å². The van der Waals surface area contributed by atoms with Crippen molar-refractivity contribution in [3.05, 3.63) is 65.7 Å². The molecule has 112 valence electrons. The lowest BCUT2D eigenvalue weighted by Gasteiger charge is -2.14. The van der Waals surface area contributed by atoms with Crippen LogP contribution in [-0.4, -0.2) is 13.2 Å². The van der Waals surface area contributed by atoms with E-state index in [9.17, 15) is 0 Å². The first-order valence-electron chi connectivity index (χ1n) is 7.39. The molecule has 0 heterocycles. The smallest absolute Gasteiger partial charge is 0.120 e. The largest absolute Gasteiger partial charge is 0.489 e. The lowest BCUT2D eigenvalue weighted by molar-refractivity contribution is 0.121. The number of ether oxygens (including phenoxy) is 2. The van der Waals surface area contributed by atoms with Gasteiger partial charge in [0.05, 0.1) is 12.6 Å². The van der Waals surface area contributed by atoms with E-state index in [1.165, 1.54) is 0 Å². The van der Waals surface area contributed by atoms with E-state index in [2.05, 4.69) is 6.92 Å². The van der Waals surface area contributed by atoms with E-state index in [0.717, 1.165) is 29.9 Å². The van der Waals surface area contributed by atoms with Crippen molar-refractivity contribution in [2.45, 2.75) is 26.0 Å². The van der Waals surface area contributed by atoms with Crippen molar-refractivity contribution >= 4 is 0 Å². The summed E-state index contributed by atoms with van der Waals surface area (Å²) in [7, 11) is 0. The highest BCUT2D eigenvalue weighted by Gasteiger charge is 2.07. The third-order valence-electron chi connectivity index (χ3n) is 3.18. The number of benzene rings is 2. The van der Waals surface area contributed by atoms with Crippen LogP contribution in [0.3, 0.4) is 0 Å². The third-order valence-corrected chi connectivity index (χ3v) is 3.18. The summed E-state index contributed by atoms with van der Waals surface area (Å²) in [6, 6.07) is 17.9. The molecule has 0 amide bonds. The average molecular weight is 285 g/mol. The Hall–Kier alpha value is -1.84. The van der Waals surface area contributed by atoms with Gasteiger partial charge in [0.25, 0.3) is 0 Å². The summed E-state index contributed by atoms with van der Waals surface area (Å²) in [6.45, 7) is 3.93. The first kappa shape index (κ1) is 15.5. The molecule has 0 aromatic heterocycles. The second-order valence-electron chi connectivity index (χ2n) is 5.03. The summed E-state index contributed by atoms with van der Waals surface area (Å²) in [6.07, 6.45) is 1.01. The Morgan fingerprint density at radius 3 is 2.62 bits per heavy atom. The summed E-state index contributed by atoms with van der Waals surface area (Å²) in [5, 5.41) is 0. The Balaban J connectivity index is 1.91. The van der Waals surface area contributed by atoms with E-state index in [-0.39, 0.29) is 6.04 Å². The van der Waals surface area contributed by atoms with Crippen LogP contribution in [0.2, 0.25) is 0 Å². The van der Waals surface area contributed by atoms with Crippen LogP contribution >= 0.6 is 0 Å². The van der Waals surface area contributed by atoms with Crippen LogP contribution in [0.1, 0.15) is 30.5 Å². The number of nitrogens with two attached hydrogens (primary N) is 1. The minimum Gasteiger partial charge on any atom is -0.489 e. The van der Waals surface area contributed by atoms with Gasteiger partial charge in [-0.3, -0.25) is 0 Å². The number of rotatable bonds is 8. The molecule has 0 saturated heterocycles. The lowest BCUT2D eigenvalue weighted by Crippen LogP contribution is -2.17. The summed E-state index contributed by atoms with van der Waals surface area (Å²) in [4.78, 5) is 0. The maximum absolute atomic E-state index is 6.13. The highest BCUT2D eigenvalue weighted by molar-refractivity contribution is 5.30. The molecule has 0 aliphatic carbocycles. The van der Waals surface area contributed by atoms with Gasteiger partial charge in [0, 0.05) is 6.61 Å². The fourth-order valence-electron chi connectivity index (χ4n) is 2.03. The van der Waals surface area contributed by atoms with Crippen molar-refractivity contribution in [3.63, 3.8) is 0 Å². The van der Waals surface area contributed by atoms with Crippen LogP contribution in [0.25, 0.3) is 0 Å². The Kier molecular flexibility index (Phi) is 6.25. The lowest BCUT2D eigenvalue weighted by atomic mass is 10.1. The molecule has 1 unspecified atom stereocenters. The van der Waals surface area contributed by atoms with E-state index in [0.29, 0.717) is 13.2 Å². The maximum atomic E-state index is 6.13. The minimum absolute atomic E-state index is 0.114. The van der Waals surface area contributed by atoms with Gasteiger partial charge in [-0.15, -0.1) is 0 Å². The average Bonchev–Trinajstić information content (AvgIpc) is 2.54. The molecule has 21 heavy (non-hydrogen) atoms. The normalized spacial score (nSPS) is 12.1. The van der Waals surface area contributed by atoms with Gasteiger partial charge in [-0.1, -0.05) is 49.4 Å². The quantitative estimate of drug-likeness (QED) is 0.752. The van der Waals surface area contributed by atoms with Crippen molar-refractivity contribution in [2.24, 2.45) is 5.73 Å². The van der Waals surface area contributed by atoms with Crippen LogP contribution in [0.15, 0.2) is 54.6 Å². The summed E-state index contributed by atoms with van der Waals surface area (Å²) >= 11 is 0. The molecule has 2 rings (SSSR count). The zero-order valence-electron chi connectivity index (χ0n) is 12.5. The fourth-order valence-corrected chi connectivity index (χ4v) is 2.03. The molecule has 3 heteroatoms. The number of hydrogen-bond acceptors (Lipinski definition) is 3. The minimum atomic E-state index is -0.114. The van der Waals surface area contributed by atoms with Crippen LogP contribution in [0, 0.1) is 0 Å². The van der Waals surface area contributed by atoms with Crippen molar-refractivity contribution in [2.75, 3.05) is 13.2 Å². The maximum Gasteiger partial charge on any atom is 0.120 e. The second-order valence-corrected chi connectivity index (χ2v) is 5.03. The van der Waals surface area contributed by atoms with Gasteiger partial charge in [-0.25, -0.2) is 0 Å². The van der Waals surface area contributed by atoms with Gasteiger partial charge in [0.1, 0.15) is 12.4 Å². The highest BCUT2D eigenvalue weighted by Crippen LogP contribution is 2.19. The van der Waals surface area contributed by atoms with Crippen LogP contribution in [0.5, 0.6) is 5.75 Å². The summed E-state index contributed by atoms with van der Waals surface area (Å²) < 4.78 is 11.3. The van der Waals surface area contributed by atoms with Gasteiger partial charge >= 0.3 is 0 Å². The van der Waals surface area contributed by atoms with Crippen LogP contribution in [-0.2, 0) is 11.3 Å². The molecule has 2 aromatic carbocycles. The van der Waals surface area contributed by atoms with Gasteiger partial charge < -0.3 is 15.2 Å². The molecule has 0 aliphatic rings. The fraction of sp³-hybridized carbons (Fsp3) is 0.333. The predicted octanol–water partition coefficient (Wildman–Crippen LogP) is 3.69.